The van der Waals surface area contributed by atoms with Crippen molar-refractivity contribution in [3.05, 3.63) is 35.4 Å². The lowest BCUT2D eigenvalue weighted by Crippen LogP contribution is -2.43. The van der Waals surface area contributed by atoms with E-state index in [1.165, 1.54) is 24.3 Å². The highest BCUT2D eigenvalue weighted by Gasteiger charge is 2.15. The fourth-order valence-corrected chi connectivity index (χ4v) is 1.29. The van der Waals surface area contributed by atoms with Gasteiger partial charge in [0.15, 0.2) is 0 Å². The van der Waals surface area contributed by atoms with E-state index in [0.29, 0.717) is 6.61 Å². The van der Waals surface area contributed by atoms with Crippen LogP contribution >= 0.6 is 0 Å². The molecule has 0 bridgehead atoms. The van der Waals surface area contributed by atoms with Crippen molar-refractivity contribution in [2.75, 3.05) is 13.2 Å². The van der Waals surface area contributed by atoms with Crippen molar-refractivity contribution in [1.29, 1.82) is 0 Å². The van der Waals surface area contributed by atoms with Crippen LogP contribution in [0.3, 0.4) is 0 Å². The van der Waals surface area contributed by atoms with E-state index in [1.54, 1.807) is 6.92 Å². The lowest BCUT2D eigenvalue weighted by molar-refractivity contribution is -0.126. The van der Waals surface area contributed by atoms with Crippen molar-refractivity contribution in [3.63, 3.8) is 0 Å². The topological polar surface area (TPSA) is 105 Å². The van der Waals surface area contributed by atoms with Gasteiger partial charge >= 0.3 is 5.97 Å². The number of aromatic carboxylic acids is 1. The molecule has 0 unspecified atom stereocenters. The fourth-order valence-electron chi connectivity index (χ4n) is 1.29. The summed E-state index contributed by atoms with van der Waals surface area (Å²) in [6.45, 7) is 1.93. The highest BCUT2D eigenvalue weighted by Crippen LogP contribution is 2.08. The zero-order valence-corrected chi connectivity index (χ0v) is 10.3. The molecule has 0 aliphatic heterocycles. The Hall–Kier alpha value is -2.41. The van der Waals surface area contributed by atoms with E-state index in [0.717, 1.165) is 0 Å². The Balaban J connectivity index is 2.64. The van der Waals surface area contributed by atoms with Gasteiger partial charge in [0.1, 0.15) is 6.61 Å². The molecule has 0 aromatic heterocycles. The molecule has 0 aliphatic carbocycles. The number of benzene rings is 1. The minimum Gasteiger partial charge on any atom is -0.478 e. The van der Waals surface area contributed by atoms with Crippen molar-refractivity contribution >= 4 is 17.8 Å². The monoisotopic (exact) mass is 266 g/mol. The molecular weight excluding hydrogens is 252 g/mol. The van der Waals surface area contributed by atoms with Crippen LogP contribution in [0, 0.1) is 0 Å². The molecule has 102 valence electrons. The molecule has 0 saturated heterocycles. The van der Waals surface area contributed by atoms with Gasteiger partial charge in [-0.15, -0.1) is 0 Å². The lowest BCUT2D eigenvalue weighted by Gasteiger charge is -2.08. The van der Waals surface area contributed by atoms with Crippen LogP contribution in [-0.2, 0) is 9.53 Å². The molecule has 0 aliphatic rings. The van der Waals surface area contributed by atoms with Crippen LogP contribution in [0.1, 0.15) is 27.6 Å². The summed E-state index contributed by atoms with van der Waals surface area (Å²) >= 11 is 0. The highest BCUT2D eigenvalue weighted by molar-refractivity contribution is 6.05. The van der Waals surface area contributed by atoms with Gasteiger partial charge in [0, 0.05) is 6.61 Å². The maximum absolute atomic E-state index is 11.7. The van der Waals surface area contributed by atoms with E-state index in [1.807, 2.05) is 0 Å². The SMILES string of the molecule is CCOCC(=O)NNC(=O)c1ccccc1C(=O)O. The number of carboxylic acids is 1. The first kappa shape index (κ1) is 14.7. The molecule has 0 fully saturated rings. The molecule has 3 N–H and O–H groups in total. The molecule has 0 atom stereocenters. The molecule has 7 heteroatoms. The predicted molar refractivity (Wildman–Crippen MR) is 65.5 cm³/mol. The van der Waals surface area contributed by atoms with Crippen LogP contribution in [-0.4, -0.2) is 36.1 Å². The van der Waals surface area contributed by atoms with Crippen LogP contribution in [0.25, 0.3) is 0 Å². The number of ether oxygens (including phenoxy) is 1. The Bertz CT molecular complexity index is 487. The largest absolute Gasteiger partial charge is 0.478 e. The van der Waals surface area contributed by atoms with E-state index in [-0.39, 0.29) is 17.7 Å². The Morgan fingerprint density at radius 2 is 1.79 bits per heavy atom. The molecule has 0 radical (unpaired) electrons. The minimum absolute atomic E-state index is 0.0355. The van der Waals surface area contributed by atoms with E-state index >= 15 is 0 Å². The average Bonchev–Trinajstić information content (AvgIpc) is 2.42. The normalized spacial score (nSPS) is 9.74. The van der Waals surface area contributed by atoms with Crippen molar-refractivity contribution in [2.45, 2.75) is 6.92 Å². The number of carboxylic acid groups (broad SMARTS) is 1. The van der Waals surface area contributed by atoms with Gasteiger partial charge < -0.3 is 9.84 Å². The molecule has 0 spiro atoms. The molecule has 0 saturated carbocycles. The Morgan fingerprint density at radius 3 is 2.37 bits per heavy atom. The van der Waals surface area contributed by atoms with Crippen LogP contribution < -0.4 is 10.9 Å². The third-order valence-corrected chi connectivity index (χ3v) is 2.15. The first-order chi connectivity index (χ1) is 9.06. The van der Waals surface area contributed by atoms with Gasteiger partial charge in [-0.05, 0) is 19.1 Å². The van der Waals surface area contributed by atoms with E-state index in [9.17, 15) is 14.4 Å². The lowest BCUT2D eigenvalue weighted by atomic mass is 10.1. The summed E-state index contributed by atoms with van der Waals surface area (Å²) in [7, 11) is 0. The second-order valence-electron chi connectivity index (χ2n) is 3.49. The molecular formula is C12H14N2O5. The van der Waals surface area contributed by atoms with Crippen molar-refractivity contribution in [1.82, 2.24) is 10.9 Å². The van der Waals surface area contributed by atoms with Gasteiger partial charge in [-0.2, -0.15) is 0 Å². The first-order valence-electron chi connectivity index (χ1n) is 5.55. The summed E-state index contributed by atoms with van der Waals surface area (Å²) in [4.78, 5) is 33.8. The Morgan fingerprint density at radius 1 is 1.16 bits per heavy atom. The van der Waals surface area contributed by atoms with Crippen LogP contribution in [0.2, 0.25) is 0 Å². The van der Waals surface area contributed by atoms with Crippen molar-refractivity contribution in [3.8, 4) is 0 Å². The molecule has 2 amide bonds. The first-order valence-corrected chi connectivity index (χ1v) is 5.55. The molecule has 19 heavy (non-hydrogen) atoms. The molecule has 1 aromatic rings. The predicted octanol–water partition coefficient (Wildman–Crippen LogP) is 0.182. The van der Waals surface area contributed by atoms with E-state index in [2.05, 4.69) is 10.9 Å². The quantitative estimate of drug-likeness (QED) is 0.659. The average molecular weight is 266 g/mol. The summed E-state index contributed by atoms with van der Waals surface area (Å²) in [5.74, 6) is -2.45. The number of hydrogen-bond acceptors (Lipinski definition) is 4. The van der Waals surface area contributed by atoms with Gasteiger partial charge in [0.05, 0.1) is 11.1 Å². The second kappa shape index (κ2) is 7.12. The maximum atomic E-state index is 11.7. The fraction of sp³-hybridized carbons (Fsp3) is 0.250. The van der Waals surface area contributed by atoms with Crippen LogP contribution in [0.4, 0.5) is 0 Å². The molecule has 1 aromatic carbocycles. The number of amides is 2. The van der Waals surface area contributed by atoms with Gasteiger partial charge in [-0.25, -0.2) is 4.79 Å². The Labute approximate surface area is 109 Å². The van der Waals surface area contributed by atoms with Gasteiger partial charge in [-0.1, -0.05) is 12.1 Å². The maximum Gasteiger partial charge on any atom is 0.336 e. The number of hydrogen-bond donors (Lipinski definition) is 3. The van der Waals surface area contributed by atoms with Crippen LogP contribution in [0.15, 0.2) is 24.3 Å². The third kappa shape index (κ3) is 4.40. The molecule has 0 heterocycles. The summed E-state index contributed by atoms with van der Waals surface area (Å²) in [5, 5.41) is 8.92. The number of carbonyl (C=O) groups is 3. The smallest absolute Gasteiger partial charge is 0.336 e. The highest BCUT2D eigenvalue weighted by atomic mass is 16.5. The van der Waals surface area contributed by atoms with E-state index < -0.39 is 17.8 Å². The van der Waals surface area contributed by atoms with E-state index in [4.69, 9.17) is 9.84 Å². The second-order valence-corrected chi connectivity index (χ2v) is 3.49. The van der Waals surface area contributed by atoms with Crippen molar-refractivity contribution < 1.29 is 24.2 Å². The van der Waals surface area contributed by atoms with Crippen molar-refractivity contribution in [2.24, 2.45) is 0 Å². The number of nitrogens with one attached hydrogen (secondary N) is 2. The number of carbonyl (C=O) groups excluding carboxylic acids is 2. The van der Waals surface area contributed by atoms with Crippen LogP contribution in [0.5, 0.6) is 0 Å². The van der Waals surface area contributed by atoms with Gasteiger partial charge in [0.25, 0.3) is 11.8 Å². The number of rotatable bonds is 5. The minimum atomic E-state index is -1.22. The summed E-state index contributed by atoms with van der Waals surface area (Å²) in [6, 6.07) is 5.70. The molecule has 1 rings (SSSR count). The summed E-state index contributed by atoms with van der Waals surface area (Å²) in [6.07, 6.45) is 0. The third-order valence-electron chi connectivity index (χ3n) is 2.15. The zero-order chi connectivity index (χ0) is 14.3. The number of hydrazine groups is 1. The summed E-state index contributed by atoms with van der Waals surface area (Å²) in [5.41, 5.74) is 4.07. The zero-order valence-electron chi connectivity index (χ0n) is 10.3. The summed E-state index contributed by atoms with van der Waals surface area (Å²) < 4.78 is 4.84. The van der Waals surface area contributed by atoms with Gasteiger partial charge in [0.2, 0.25) is 0 Å². The molecule has 7 nitrogen and oxygen atoms in total. The standard InChI is InChI=1S/C12H14N2O5/c1-2-19-7-10(15)13-14-11(16)8-5-3-4-6-9(8)12(17)18/h3-6H,2,7H2,1H3,(H,13,15)(H,14,16)(H,17,18). The van der Waals surface area contributed by atoms with Gasteiger partial charge in [-0.3, -0.25) is 20.4 Å². The Kier molecular flexibility index (Phi) is 5.49.